The second-order valence-electron chi connectivity index (χ2n) is 7.35. The van der Waals surface area contributed by atoms with E-state index < -0.39 is 0 Å². The third-order valence-electron chi connectivity index (χ3n) is 5.39. The fourth-order valence-electron chi connectivity index (χ4n) is 3.86. The molecule has 1 amide bonds. The molecule has 0 atom stereocenters. The number of likely N-dealkylation sites (tertiary alicyclic amines) is 1. The first-order chi connectivity index (χ1) is 13.3. The molecule has 27 heavy (non-hydrogen) atoms. The van der Waals surface area contributed by atoms with Gasteiger partial charge in [0.15, 0.2) is 0 Å². The van der Waals surface area contributed by atoms with Gasteiger partial charge in [0.25, 0.3) is 5.91 Å². The van der Waals surface area contributed by atoms with Crippen LogP contribution in [-0.4, -0.2) is 23.9 Å². The fourth-order valence-corrected chi connectivity index (χ4v) is 3.86. The van der Waals surface area contributed by atoms with Crippen LogP contribution in [-0.2, 0) is 13.1 Å². The van der Waals surface area contributed by atoms with Crippen molar-refractivity contribution in [1.82, 2.24) is 10.2 Å². The van der Waals surface area contributed by atoms with Gasteiger partial charge in [0, 0.05) is 18.7 Å². The second kappa shape index (κ2) is 8.36. The summed E-state index contributed by atoms with van der Waals surface area (Å²) in [4.78, 5) is 15.0. The van der Waals surface area contributed by atoms with Crippen LogP contribution in [0.4, 0.5) is 0 Å². The summed E-state index contributed by atoms with van der Waals surface area (Å²) in [6, 6.07) is 22.5. The lowest BCUT2D eigenvalue weighted by Gasteiger charge is -2.26. The Bertz CT molecular complexity index is 906. The Hall–Kier alpha value is -2.65. The Morgan fingerprint density at radius 1 is 0.852 bits per heavy atom. The summed E-state index contributed by atoms with van der Waals surface area (Å²) in [6.45, 7) is 3.90. The molecule has 0 bridgehead atoms. The smallest absolute Gasteiger partial charge is 0.251 e. The van der Waals surface area contributed by atoms with Gasteiger partial charge < -0.3 is 5.32 Å². The molecule has 138 valence electrons. The zero-order valence-electron chi connectivity index (χ0n) is 15.7. The Balaban J connectivity index is 1.38. The van der Waals surface area contributed by atoms with Crippen molar-refractivity contribution in [2.75, 3.05) is 13.1 Å². The van der Waals surface area contributed by atoms with E-state index in [1.807, 2.05) is 30.3 Å². The van der Waals surface area contributed by atoms with Crippen molar-refractivity contribution in [2.45, 2.75) is 32.4 Å². The molecule has 1 N–H and O–H groups in total. The number of amides is 1. The van der Waals surface area contributed by atoms with Crippen molar-refractivity contribution < 1.29 is 4.79 Å². The van der Waals surface area contributed by atoms with Crippen LogP contribution in [0.25, 0.3) is 10.8 Å². The maximum atomic E-state index is 12.5. The molecule has 0 aliphatic carbocycles. The minimum Gasteiger partial charge on any atom is -0.348 e. The average molecular weight is 358 g/mol. The summed E-state index contributed by atoms with van der Waals surface area (Å²) >= 11 is 0. The van der Waals surface area contributed by atoms with E-state index in [4.69, 9.17) is 0 Å². The Kier molecular flexibility index (Phi) is 5.50. The number of hydrogen-bond donors (Lipinski definition) is 1. The predicted octanol–water partition coefficient (Wildman–Crippen LogP) is 4.76. The van der Waals surface area contributed by atoms with Crippen molar-refractivity contribution in [1.29, 1.82) is 0 Å². The van der Waals surface area contributed by atoms with Crippen LogP contribution in [0.15, 0.2) is 66.7 Å². The van der Waals surface area contributed by atoms with Gasteiger partial charge in [-0.2, -0.15) is 0 Å². The molecule has 0 aromatic heterocycles. The third-order valence-corrected chi connectivity index (χ3v) is 5.39. The van der Waals surface area contributed by atoms with E-state index in [2.05, 4.69) is 46.6 Å². The highest BCUT2D eigenvalue weighted by Gasteiger charge is 2.11. The van der Waals surface area contributed by atoms with Crippen LogP contribution >= 0.6 is 0 Å². The highest BCUT2D eigenvalue weighted by molar-refractivity contribution is 5.94. The maximum Gasteiger partial charge on any atom is 0.251 e. The van der Waals surface area contributed by atoms with E-state index in [0.717, 1.165) is 17.7 Å². The van der Waals surface area contributed by atoms with Gasteiger partial charge in [-0.25, -0.2) is 0 Å². The molecule has 3 heteroatoms. The molecular weight excluding hydrogens is 332 g/mol. The highest BCUT2D eigenvalue weighted by atomic mass is 16.1. The highest BCUT2D eigenvalue weighted by Crippen LogP contribution is 2.18. The Morgan fingerprint density at radius 2 is 1.59 bits per heavy atom. The summed E-state index contributed by atoms with van der Waals surface area (Å²) in [7, 11) is 0. The fraction of sp³-hybridized carbons (Fsp3) is 0.292. The third kappa shape index (κ3) is 4.37. The molecular formula is C24H26N2O. The molecule has 3 nitrogen and oxygen atoms in total. The first kappa shape index (κ1) is 17.7. The topological polar surface area (TPSA) is 32.3 Å². The Labute approximate surface area is 161 Å². The molecule has 4 rings (SSSR count). The van der Waals surface area contributed by atoms with Gasteiger partial charge in [-0.15, -0.1) is 0 Å². The molecule has 1 heterocycles. The van der Waals surface area contributed by atoms with Gasteiger partial charge >= 0.3 is 0 Å². The molecule has 0 radical (unpaired) electrons. The predicted molar refractivity (Wildman–Crippen MR) is 111 cm³/mol. The second-order valence-corrected chi connectivity index (χ2v) is 7.35. The van der Waals surface area contributed by atoms with E-state index in [1.165, 1.54) is 48.7 Å². The number of carbonyl (C=O) groups is 1. The van der Waals surface area contributed by atoms with Crippen LogP contribution in [0.1, 0.15) is 40.7 Å². The normalized spacial score (nSPS) is 15.0. The van der Waals surface area contributed by atoms with Crippen molar-refractivity contribution in [2.24, 2.45) is 0 Å². The lowest BCUT2D eigenvalue weighted by Crippen LogP contribution is -2.29. The van der Waals surface area contributed by atoms with Gasteiger partial charge in [-0.3, -0.25) is 9.69 Å². The van der Waals surface area contributed by atoms with E-state index in [0.29, 0.717) is 6.54 Å². The molecule has 0 spiro atoms. The first-order valence-electron chi connectivity index (χ1n) is 9.86. The SMILES string of the molecule is O=C(NCc1cccc2ccccc12)c1ccc(CN2CCCCC2)cc1. The minimum atomic E-state index is -0.0209. The number of piperidine rings is 1. The van der Waals surface area contributed by atoms with E-state index in [9.17, 15) is 4.79 Å². The zero-order valence-corrected chi connectivity index (χ0v) is 15.7. The number of rotatable bonds is 5. The summed E-state index contributed by atoms with van der Waals surface area (Å²) in [5.74, 6) is -0.0209. The number of nitrogens with zero attached hydrogens (tertiary/aromatic N) is 1. The quantitative estimate of drug-likeness (QED) is 0.713. The number of carbonyl (C=O) groups excluding carboxylic acids is 1. The molecule has 0 saturated carbocycles. The van der Waals surface area contributed by atoms with Gasteiger partial charge in [-0.05, 0) is 60.0 Å². The molecule has 1 aliphatic heterocycles. The summed E-state index contributed by atoms with van der Waals surface area (Å²) < 4.78 is 0. The van der Waals surface area contributed by atoms with E-state index in [-0.39, 0.29) is 5.91 Å². The lowest BCUT2D eigenvalue weighted by atomic mass is 10.0. The van der Waals surface area contributed by atoms with Gasteiger partial charge in [0.2, 0.25) is 0 Å². The number of nitrogens with one attached hydrogen (secondary N) is 1. The van der Waals surface area contributed by atoms with E-state index >= 15 is 0 Å². The summed E-state index contributed by atoms with van der Waals surface area (Å²) in [6.07, 6.45) is 3.95. The lowest BCUT2D eigenvalue weighted by molar-refractivity contribution is 0.0951. The molecule has 1 aliphatic rings. The number of hydrogen-bond acceptors (Lipinski definition) is 2. The molecule has 0 unspecified atom stereocenters. The standard InChI is InChI=1S/C24H26N2O/c27-24(25-17-22-9-6-8-20-7-2-3-10-23(20)22)21-13-11-19(12-14-21)18-26-15-4-1-5-16-26/h2-3,6-14H,1,4-5,15-18H2,(H,25,27). The first-order valence-corrected chi connectivity index (χ1v) is 9.86. The molecule has 1 saturated heterocycles. The van der Waals surface area contributed by atoms with Crippen LogP contribution in [0.3, 0.4) is 0 Å². The average Bonchev–Trinajstić information content (AvgIpc) is 2.73. The van der Waals surface area contributed by atoms with Gasteiger partial charge in [-0.1, -0.05) is 61.0 Å². The number of fused-ring (bicyclic) bond motifs is 1. The zero-order chi connectivity index (χ0) is 18.5. The molecule has 3 aromatic rings. The van der Waals surface area contributed by atoms with Crippen LogP contribution in [0.5, 0.6) is 0 Å². The van der Waals surface area contributed by atoms with Gasteiger partial charge in [0.1, 0.15) is 0 Å². The molecule has 1 fully saturated rings. The molecule has 3 aromatic carbocycles. The Morgan fingerprint density at radius 3 is 2.41 bits per heavy atom. The van der Waals surface area contributed by atoms with Crippen molar-refractivity contribution in [3.63, 3.8) is 0 Å². The van der Waals surface area contributed by atoms with Crippen LogP contribution in [0.2, 0.25) is 0 Å². The largest absolute Gasteiger partial charge is 0.348 e. The summed E-state index contributed by atoms with van der Waals surface area (Å²) in [5.41, 5.74) is 3.14. The van der Waals surface area contributed by atoms with Crippen LogP contribution < -0.4 is 5.32 Å². The summed E-state index contributed by atoms with van der Waals surface area (Å²) in [5, 5.41) is 5.45. The number of benzene rings is 3. The van der Waals surface area contributed by atoms with Crippen molar-refractivity contribution in [3.05, 3.63) is 83.4 Å². The van der Waals surface area contributed by atoms with Gasteiger partial charge in [0.05, 0.1) is 0 Å². The maximum absolute atomic E-state index is 12.5. The van der Waals surface area contributed by atoms with Crippen molar-refractivity contribution >= 4 is 16.7 Å². The van der Waals surface area contributed by atoms with Crippen molar-refractivity contribution in [3.8, 4) is 0 Å². The minimum absolute atomic E-state index is 0.0209. The van der Waals surface area contributed by atoms with Crippen LogP contribution in [0, 0.1) is 0 Å². The van der Waals surface area contributed by atoms with E-state index in [1.54, 1.807) is 0 Å². The monoisotopic (exact) mass is 358 g/mol.